The zero-order chi connectivity index (χ0) is 8.86. The molecule has 1 radical (unpaired) electrons. The van der Waals surface area contributed by atoms with E-state index < -0.39 is 0 Å². The van der Waals surface area contributed by atoms with E-state index in [4.69, 9.17) is 4.74 Å². The molecule has 69 valence electrons. The minimum absolute atomic E-state index is 0.494. The number of morpholine rings is 1. The number of hydrogen-bond donors (Lipinski definition) is 0. The summed E-state index contributed by atoms with van der Waals surface area (Å²) in [4.78, 5) is 10.8. The van der Waals surface area contributed by atoms with E-state index in [0.29, 0.717) is 17.7 Å². The highest BCUT2D eigenvalue weighted by Crippen LogP contribution is 2.09. The van der Waals surface area contributed by atoms with E-state index in [-0.39, 0.29) is 0 Å². The predicted octanol–water partition coefficient (Wildman–Crippen LogP) is 0.701. The van der Waals surface area contributed by atoms with E-state index >= 15 is 0 Å². The maximum absolute atomic E-state index is 10.8. The Bertz CT molecular complexity index is 141. The third-order valence-electron chi connectivity index (χ3n) is 2.46. The molecule has 0 aromatic rings. The maximum Gasteiger partial charge on any atom is 0.443 e. The van der Waals surface area contributed by atoms with E-state index in [1.807, 2.05) is 0 Å². The van der Waals surface area contributed by atoms with Crippen LogP contribution < -0.4 is 0 Å². The molecule has 1 fully saturated rings. The number of rotatable bonds is 4. The van der Waals surface area contributed by atoms with Crippen LogP contribution in [0.1, 0.15) is 19.8 Å². The van der Waals surface area contributed by atoms with Crippen LogP contribution in [0.3, 0.4) is 0 Å². The van der Waals surface area contributed by atoms with Crippen molar-refractivity contribution in [1.29, 1.82) is 0 Å². The SMILES string of the molecule is CCCC[N+]1([C]=O)CCOCC1. The van der Waals surface area contributed by atoms with Gasteiger partial charge >= 0.3 is 6.41 Å². The normalized spacial score (nSPS) is 22.1. The van der Waals surface area contributed by atoms with Gasteiger partial charge in [-0.2, -0.15) is 0 Å². The van der Waals surface area contributed by atoms with Crippen molar-refractivity contribution in [2.24, 2.45) is 0 Å². The summed E-state index contributed by atoms with van der Waals surface area (Å²) in [7, 11) is 0. The first-order chi connectivity index (χ1) is 5.83. The second kappa shape index (κ2) is 4.58. The van der Waals surface area contributed by atoms with Gasteiger partial charge in [0, 0.05) is 0 Å². The Labute approximate surface area is 73.9 Å². The van der Waals surface area contributed by atoms with Gasteiger partial charge in [0.15, 0.2) is 0 Å². The van der Waals surface area contributed by atoms with Gasteiger partial charge in [-0.05, 0) is 6.42 Å². The molecule has 1 aliphatic rings. The topological polar surface area (TPSA) is 26.3 Å². The van der Waals surface area contributed by atoms with Crippen LogP contribution in [0.5, 0.6) is 0 Å². The van der Waals surface area contributed by atoms with E-state index in [1.54, 1.807) is 0 Å². The summed E-state index contributed by atoms with van der Waals surface area (Å²) in [5.41, 5.74) is 0. The molecule has 0 aliphatic carbocycles. The minimum atomic E-state index is 0.494. The molecule has 12 heavy (non-hydrogen) atoms. The summed E-state index contributed by atoms with van der Waals surface area (Å²) in [5.74, 6) is 0. The molecule has 0 spiro atoms. The fourth-order valence-electron chi connectivity index (χ4n) is 1.51. The van der Waals surface area contributed by atoms with Gasteiger partial charge in [0.05, 0.1) is 19.8 Å². The van der Waals surface area contributed by atoms with Gasteiger partial charge in [0.1, 0.15) is 13.1 Å². The van der Waals surface area contributed by atoms with E-state index in [9.17, 15) is 4.79 Å². The minimum Gasteiger partial charge on any atom is -0.370 e. The Morgan fingerprint density at radius 2 is 2.08 bits per heavy atom. The first kappa shape index (κ1) is 9.68. The van der Waals surface area contributed by atoms with Gasteiger partial charge in [-0.3, -0.25) is 0 Å². The zero-order valence-electron chi connectivity index (χ0n) is 7.71. The number of amides is 1. The van der Waals surface area contributed by atoms with Crippen molar-refractivity contribution < 1.29 is 14.0 Å². The Morgan fingerprint density at radius 1 is 1.42 bits per heavy atom. The quantitative estimate of drug-likeness (QED) is 0.582. The van der Waals surface area contributed by atoms with Gasteiger partial charge in [0.25, 0.3) is 0 Å². The maximum atomic E-state index is 10.8. The summed E-state index contributed by atoms with van der Waals surface area (Å²) >= 11 is 0. The molecule has 0 aromatic carbocycles. The van der Waals surface area contributed by atoms with Gasteiger partial charge in [0.2, 0.25) is 0 Å². The number of unbranched alkanes of at least 4 members (excludes halogenated alkanes) is 1. The van der Waals surface area contributed by atoms with Gasteiger partial charge in [-0.15, -0.1) is 0 Å². The molecular formula is C9H17NO2+. The predicted molar refractivity (Wildman–Crippen MR) is 46.3 cm³/mol. The second-order valence-electron chi connectivity index (χ2n) is 3.37. The lowest BCUT2D eigenvalue weighted by molar-refractivity contribution is -0.848. The molecule has 1 amide bonds. The average Bonchev–Trinajstić information content (AvgIpc) is 2.16. The lowest BCUT2D eigenvalue weighted by atomic mass is 10.2. The second-order valence-corrected chi connectivity index (χ2v) is 3.37. The van der Waals surface area contributed by atoms with Crippen molar-refractivity contribution in [1.82, 2.24) is 0 Å². The summed E-state index contributed by atoms with van der Waals surface area (Å²) in [6.45, 7) is 6.11. The molecule has 0 atom stereocenters. The number of hydrogen-bond acceptors (Lipinski definition) is 2. The van der Waals surface area contributed by atoms with Gasteiger partial charge < -0.3 is 4.74 Å². The Hall–Kier alpha value is -0.410. The largest absolute Gasteiger partial charge is 0.443 e. The Balaban J connectivity index is 2.42. The first-order valence-corrected chi connectivity index (χ1v) is 4.66. The smallest absolute Gasteiger partial charge is 0.370 e. The fourth-order valence-corrected chi connectivity index (χ4v) is 1.51. The van der Waals surface area contributed by atoms with Crippen LogP contribution in [0, 0.1) is 0 Å². The van der Waals surface area contributed by atoms with Crippen LogP contribution in [0.25, 0.3) is 0 Å². The molecule has 1 rings (SSSR count). The third-order valence-corrected chi connectivity index (χ3v) is 2.46. The highest BCUT2D eigenvalue weighted by atomic mass is 16.5. The first-order valence-electron chi connectivity index (χ1n) is 4.66. The van der Waals surface area contributed by atoms with Crippen molar-refractivity contribution in [3.63, 3.8) is 0 Å². The molecule has 1 heterocycles. The van der Waals surface area contributed by atoms with Gasteiger partial charge in [-0.1, -0.05) is 13.3 Å². The molecule has 0 saturated carbocycles. The molecule has 0 bridgehead atoms. The average molecular weight is 171 g/mol. The molecule has 1 aliphatic heterocycles. The van der Waals surface area contributed by atoms with Crippen molar-refractivity contribution in [2.45, 2.75) is 19.8 Å². The van der Waals surface area contributed by atoms with Crippen LogP contribution >= 0.6 is 0 Å². The summed E-state index contributed by atoms with van der Waals surface area (Å²) in [6, 6.07) is 0. The molecular weight excluding hydrogens is 154 g/mol. The van der Waals surface area contributed by atoms with Crippen molar-refractivity contribution in [3.8, 4) is 0 Å². The summed E-state index contributed by atoms with van der Waals surface area (Å²) in [5, 5.41) is 0. The molecule has 0 N–H and O–H groups in total. The number of nitrogens with zero attached hydrogens (tertiary/aromatic N) is 1. The van der Waals surface area contributed by atoms with Crippen LogP contribution in [0.4, 0.5) is 0 Å². The number of carbonyl (C=O) groups excluding carboxylic acids is 1. The van der Waals surface area contributed by atoms with Crippen LogP contribution in [0.2, 0.25) is 0 Å². The highest BCUT2D eigenvalue weighted by Gasteiger charge is 2.30. The molecule has 3 heteroatoms. The van der Waals surface area contributed by atoms with E-state index in [0.717, 1.165) is 32.5 Å². The van der Waals surface area contributed by atoms with Crippen molar-refractivity contribution >= 4 is 6.41 Å². The van der Waals surface area contributed by atoms with Crippen LogP contribution in [-0.4, -0.2) is 43.7 Å². The van der Waals surface area contributed by atoms with Gasteiger partial charge in [-0.25, -0.2) is 9.28 Å². The third kappa shape index (κ3) is 2.29. The molecule has 0 unspecified atom stereocenters. The Kier molecular flexibility index (Phi) is 3.69. The fraction of sp³-hybridized carbons (Fsp3) is 0.889. The molecule has 1 saturated heterocycles. The lowest BCUT2D eigenvalue weighted by Crippen LogP contribution is -2.54. The monoisotopic (exact) mass is 171 g/mol. The van der Waals surface area contributed by atoms with E-state index in [2.05, 4.69) is 13.3 Å². The van der Waals surface area contributed by atoms with E-state index in [1.165, 1.54) is 0 Å². The Morgan fingerprint density at radius 3 is 2.58 bits per heavy atom. The summed E-state index contributed by atoms with van der Waals surface area (Å²) in [6.07, 6.45) is 4.41. The summed E-state index contributed by atoms with van der Waals surface area (Å²) < 4.78 is 5.71. The zero-order valence-corrected chi connectivity index (χ0v) is 7.71. The van der Waals surface area contributed by atoms with Crippen LogP contribution in [0.15, 0.2) is 0 Å². The molecule has 3 nitrogen and oxygen atoms in total. The standard InChI is InChI=1S/C9H17NO2/c1-2-3-4-10(9-11)5-7-12-8-6-10/h2-8H2,1H3/q+1. The number of quaternary nitrogens is 1. The lowest BCUT2D eigenvalue weighted by Gasteiger charge is -2.33. The number of ether oxygens (including phenoxy) is 1. The van der Waals surface area contributed by atoms with Crippen molar-refractivity contribution in [3.05, 3.63) is 0 Å². The van der Waals surface area contributed by atoms with Crippen molar-refractivity contribution in [2.75, 3.05) is 32.8 Å². The highest BCUT2D eigenvalue weighted by molar-refractivity contribution is 5.38. The van der Waals surface area contributed by atoms with Crippen LogP contribution in [-0.2, 0) is 9.53 Å². The molecule has 0 aromatic heterocycles.